The summed E-state index contributed by atoms with van der Waals surface area (Å²) in [7, 11) is 0. The molecule has 22 heavy (non-hydrogen) atoms. The number of carbonyl (C=O) groups is 1. The first kappa shape index (κ1) is 15.3. The number of fused-ring (bicyclic) bond motifs is 1. The lowest BCUT2D eigenvalue weighted by Gasteiger charge is -2.26. The van der Waals surface area contributed by atoms with Crippen molar-refractivity contribution < 1.29 is 4.79 Å². The van der Waals surface area contributed by atoms with Crippen molar-refractivity contribution in [3.63, 3.8) is 0 Å². The van der Waals surface area contributed by atoms with E-state index < -0.39 is 0 Å². The average Bonchev–Trinajstić information content (AvgIpc) is 2.54. The van der Waals surface area contributed by atoms with Gasteiger partial charge < -0.3 is 5.32 Å². The largest absolute Gasteiger partial charge is 0.349 e. The minimum atomic E-state index is -0.0113. The molecule has 2 aromatic rings. The van der Waals surface area contributed by atoms with Gasteiger partial charge in [0.1, 0.15) is 0 Å². The molecule has 0 aliphatic heterocycles. The molecule has 1 N–H and O–H groups in total. The van der Waals surface area contributed by atoms with Gasteiger partial charge in [-0.15, -0.1) is 0 Å². The molecule has 3 heteroatoms. The molecule has 0 fully saturated rings. The van der Waals surface area contributed by atoms with Gasteiger partial charge in [-0.3, -0.25) is 4.79 Å². The van der Waals surface area contributed by atoms with Crippen LogP contribution in [0.2, 0.25) is 0 Å². The molecule has 0 aromatic heterocycles. The van der Waals surface area contributed by atoms with Crippen LogP contribution in [-0.2, 0) is 11.2 Å². The van der Waals surface area contributed by atoms with Gasteiger partial charge in [0.05, 0.1) is 12.0 Å². The van der Waals surface area contributed by atoms with E-state index in [-0.39, 0.29) is 17.9 Å². The minimum Gasteiger partial charge on any atom is -0.349 e. The van der Waals surface area contributed by atoms with E-state index in [2.05, 4.69) is 39.4 Å². The van der Waals surface area contributed by atoms with E-state index >= 15 is 0 Å². The highest BCUT2D eigenvalue weighted by Gasteiger charge is 2.27. The van der Waals surface area contributed by atoms with Gasteiger partial charge in [-0.05, 0) is 55.0 Å². The molecule has 0 unspecified atom stereocenters. The summed E-state index contributed by atoms with van der Waals surface area (Å²) in [5.41, 5.74) is 3.65. The third-order valence-electron chi connectivity index (χ3n) is 4.41. The standard InChI is InChI=1S/C19H20BrNO/c1-13(14-9-11-16(20)12-10-14)21-19(22)18-8-4-6-15-5-2-3-7-17(15)18/h2-3,5,7,9-13,18H,4,6,8H2,1H3,(H,21,22)/t13-,18+/m0/s1. The fraction of sp³-hybridized carbons (Fsp3) is 0.316. The Kier molecular flexibility index (Phi) is 4.63. The molecular weight excluding hydrogens is 338 g/mol. The first-order valence-corrected chi connectivity index (χ1v) is 8.58. The van der Waals surface area contributed by atoms with E-state index in [4.69, 9.17) is 0 Å². The third-order valence-corrected chi connectivity index (χ3v) is 4.94. The lowest BCUT2D eigenvalue weighted by Crippen LogP contribution is -2.33. The van der Waals surface area contributed by atoms with Crippen molar-refractivity contribution in [2.75, 3.05) is 0 Å². The highest BCUT2D eigenvalue weighted by molar-refractivity contribution is 9.10. The monoisotopic (exact) mass is 357 g/mol. The summed E-state index contributed by atoms with van der Waals surface area (Å²) in [6, 6.07) is 16.5. The van der Waals surface area contributed by atoms with Crippen LogP contribution < -0.4 is 5.32 Å². The Bertz CT molecular complexity index is 665. The van der Waals surface area contributed by atoms with Crippen LogP contribution in [0.3, 0.4) is 0 Å². The lowest BCUT2D eigenvalue weighted by atomic mass is 9.82. The van der Waals surface area contributed by atoms with Crippen molar-refractivity contribution in [3.05, 3.63) is 69.7 Å². The molecule has 2 aromatic carbocycles. The second-order valence-electron chi connectivity index (χ2n) is 5.93. The Balaban J connectivity index is 1.74. The SMILES string of the molecule is C[C@H](NC(=O)[C@@H]1CCCc2ccccc21)c1ccc(Br)cc1. The Labute approximate surface area is 140 Å². The van der Waals surface area contributed by atoms with Gasteiger partial charge in [0.15, 0.2) is 0 Å². The molecule has 2 atom stereocenters. The summed E-state index contributed by atoms with van der Waals surface area (Å²) in [4.78, 5) is 12.7. The van der Waals surface area contributed by atoms with Gasteiger partial charge in [0.2, 0.25) is 5.91 Å². The fourth-order valence-corrected chi connectivity index (χ4v) is 3.44. The van der Waals surface area contributed by atoms with Crippen molar-refractivity contribution in [2.45, 2.75) is 38.1 Å². The maximum atomic E-state index is 12.7. The summed E-state index contributed by atoms with van der Waals surface area (Å²) in [5, 5.41) is 3.17. The zero-order valence-corrected chi connectivity index (χ0v) is 14.3. The highest BCUT2D eigenvalue weighted by Crippen LogP contribution is 2.32. The Hall–Kier alpha value is -1.61. The number of carbonyl (C=O) groups excluding carboxylic acids is 1. The van der Waals surface area contributed by atoms with Crippen LogP contribution >= 0.6 is 15.9 Å². The van der Waals surface area contributed by atoms with Crippen molar-refractivity contribution in [3.8, 4) is 0 Å². The van der Waals surface area contributed by atoms with Crippen LogP contribution in [0.1, 0.15) is 48.4 Å². The molecular formula is C19H20BrNO. The molecule has 0 bridgehead atoms. The van der Waals surface area contributed by atoms with Crippen molar-refractivity contribution in [1.82, 2.24) is 5.32 Å². The van der Waals surface area contributed by atoms with Crippen LogP contribution in [0.15, 0.2) is 53.0 Å². The van der Waals surface area contributed by atoms with E-state index in [1.807, 2.05) is 37.3 Å². The zero-order valence-electron chi connectivity index (χ0n) is 12.7. The van der Waals surface area contributed by atoms with E-state index in [0.29, 0.717) is 0 Å². The molecule has 1 aliphatic rings. The smallest absolute Gasteiger partial charge is 0.228 e. The number of nitrogens with one attached hydrogen (secondary N) is 1. The van der Waals surface area contributed by atoms with Crippen LogP contribution in [-0.4, -0.2) is 5.91 Å². The summed E-state index contributed by atoms with van der Waals surface area (Å²) >= 11 is 3.44. The first-order chi connectivity index (χ1) is 10.6. The van der Waals surface area contributed by atoms with E-state index in [0.717, 1.165) is 29.3 Å². The topological polar surface area (TPSA) is 29.1 Å². The summed E-state index contributed by atoms with van der Waals surface area (Å²) < 4.78 is 1.05. The molecule has 0 radical (unpaired) electrons. The molecule has 0 heterocycles. The second-order valence-corrected chi connectivity index (χ2v) is 6.84. The number of hydrogen-bond acceptors (Lipinski definition) is 1. The van der Waals surface area contributed by atoms with E-state index in [1.54, 1.807) is 0 Å². The minimum absolute atomic E-state index is 0.0113. The maximum Gasteiger partial charge on any atom is 0.228 e. The molecule has 114 valence electrons. The lowest BCUT2D eigenvalue weighted by molar-refractivity contribution is -0.123. The molecule has 2 nitrogen and oxygen atoms in total. The van der Waals surface area contributed by atoms with Gasteiger partial charge in [0.25, 0.3) is 0 Å². The quantitative estimate of drug-likeness (QED) is 0.843. The van der Waals surface area contributed by atoms with Crippen LogP contribution in [0.5, 0.6) is 0 Å². The molecule has 0 saturated carbocycles. The molecule has 3 rings (SSSR count). The van der Waals surface area contributed by atoms with Crippen LogP contribution in [0.25, 0.3) is 0 Å². The van der Waals surface area contributed by atoms with Crippen molar-refractivity contribution >= 4 is 21.8 Å². The molecule has 1 aliphatic carbocycles. The third kappa shape index (κ3) is 3.25. The zero-order chi connectivity index (χ0) is 15.5. The van der Waals surface area contributed by atoms with Gasteiger partial charge in [0, 0.05) is 4.47 Å². The van der Waals surface area contributed by atoms with Gasteiger partial charge in [-0.25, -0.2) is 0 Å². The van der Waals surface area contributed by atoms with Crippen molar-refractivity contribution in [1.29, 1.82) is 0 Å². The highest BCUT2D eigenvalue weighted by atomic mass is 79.9. The van der Waals surface area contributed by atoms with E-state index in [1.165, 1.54) is 11.1 Å². The van der Waals surface area contributed by atoms with Crippen LogP contribution in [0, 0.1) is 0 Å². The summed E-state index contributed by atoms with van der Waals surface area (Å²) in [6.45, 7) is 2.04. The summed E-state index contributed by atoms with van der Waals surface area (Å²) in [6.07, 6.45) is 3.11. The second kappa shape index (κ2) is 6.66. The predicted octanol–water partition coefficient (Wildman–Crippen LogP) is 4.75. The Morgan fingerprint density at radius 3 is 2.68 bits per heavy atom. The fourth-order valence-electron chi connectivity index (χ4n) is 3.18. The average molecular weight is 358 g/mol. The van der Waals surface area contributed by atoms with Gasteiger partial charge in [-0.1, -0.05) is 52.3 Å². The Morgan fingerprint density at radius 1 is 1.18 bits per heavy atom. The first-order valence-electron chi connectivity index (χ1n) is 7.79. The number of aryl methyl sites for hydroxylation is 1. The molecule has 1 amide bonds. The van der Waals surface area contributed by atoms with Gasteiger partial charge in [-0.2, -0.15) is 0 Å². The number of benzene rings is 2. The number of amides is 1. The predicted molar refractivity (Wildman–Crippen MR) is 92.8 cm³/mol. The maximum absolute atomic E-state index is 12.7. The number of halogens is 1. The molecule has 0 spiro atoms. The van der Waals surface area contributed by atoms with Crippen molar-refractivity contribution in [2.24, 2.45) is 0 Å². The van der Waals surface area contributed by atoms with Crippen LogP contribution in [0.4, 0.5) is 0 Å². The summed E-state index contributed by atoms with van der Waals surface area (Å²) in [5.74, 6) is 0.130. The number of rotatable bonds is 3. The number of hydrogen-bond donors (Lipinski definition) is 1. The van der Waals surface area contributed by atoms with E-state index in [9.17, 15) is 4.79 Å². The normalized spacial score (nSPS) is 18.4. The molecule has 0 saturated heterocycles. The van der Waals surface area contributed by atoms with Gasteiger partial charge >= 0.3 is 0 Å². The Morgan fingerprint density at radius 2 is 1.91 bits per heavy atom.